The molecule has 1 aromatic heterocycles. The summed E-state index contributed by atoms with van der Waals surface area (Å²) in [4.78, 5) is 44.6. The number of methoxy groups -OCH3 is 1. The van der Waals surface area contributed by atoms with E-state index in [9.17, 15) is 19.5 Å². The Bertz CT molecular complexity index is 1280. The molecule has 2 aromatic carbocycles. The summed E-state index contributed by atoms with van der Waals surface area (Å²) in [5.74, 6) is -1.93. The van der Waals surface area contributed by atoms with Gasteiger partial charge < -0.3 is 14.6 Å². The summed E-state index contributed by atoms with van der Waals surface area (Å²) < 4.78 is 10.3. The van der Waals surface area contributed by atoms with Crippen molar-refractivity contribution < 1.29 is 29.0 Å². The van der Waals surface area contributed by atoms with E-state index in [-0.39, 0.29) is 27.9 Å². The van der Waals surface area contributed by atoms with Gasteiger partial charge in [-0.05, 0) is 31.5 Å². The fourth-order valence-electron chi connectivity index (χ4n) is 3.75. The molecule has 0 saturated carbocycles. The first-order chi connectivity index (χ1) is 16.4. The minimum absolute atomic E-state index is 0.0631. The summed E-state index contributed by atoms with van der Waals surface area (Å²) in [6, 6.07) is 14.4. The topological polar surface area (TPSA) is 106 Å². The van der Waals surface area contributed by atoms with Crippen LogP contribution in [0.3, 0.4) is 0 Å². The van der Waals surface area contributed by atoms with Crippen LogP contribution >= 0.6 is 11.3 Å². The molecule has 1 saturated heterocycles. The number of thiazole rings is 1. The van der Waals surface area contributed by atoms with Gasteiger partial charge in [0, 0.05) is 5.56 Å². The number of hydrogen-bond donors (Lipinski definition) is 1. The van der Waals surface area contributed by atoms with Crippen molar-refractivity contribution in [2.45, 2.75) is 19.9 Å². The van der Waals surface area contributed by atoms with Crippen molar-refractivity contribution in [3.05, 3.63) is 81.9 Å². The van der Waals surface area contributed by atoms with Gasteiger partial charge in [0.2, 0.25) is 0 Å². The Kier molecular flexibility index (Phi) is 6.47. The van der Waals surface area contributed by atoms with Gasteiger partial charge in [0.15, 0.2) is 5.13 Å². The number of aliphatic hydroxyl groups is 1. The average molecular weight is 479 g/mol. The Hall–Kier alpha value is -3.98. The Morgan fingerprint density at radius 2 is 1.79 bits per heavy atom. The zero-order valence-electron chi connectivity index (χ0n) is 18.8. The molecular formula is C25H22N2O6S. The molecule has 2 heterocycles. The van der Waals surface area contributed by atoms with Crippen molar-refractivity contribution in [1.82, 2.24) is 4.98 Å². The van der Waals surface area contributed by atoms with Crippen molar-refractivity contribution in [2.75, 3.05) is 18.6 Å². The van der Waals surface area contributed by atoms with E-state index in [0.717, 1.165) is 11.3 Å². The molecule has 9 heteroatoms. The largest absolute Gasteiger partial charge is 0.507 e. The van der Waals surface area contributed by atoms with Gasteiger partial charge in [-0.2, -0.15) is 0 Å². The minimum atomic E-state index is -0.952. The van der Waals surface area contributed by atoms with Crippen molar-refractivity contribution in [3.8, 4) is 5.75 Å². The highest BCUT2D eigenvalue weighted by molar-refractivity contribution is 7.17. The monoisotopic (exact) mass is 478 g/mol. The third-order valence-corrected chi connectivity index (χ3v) is 6.51. The Morgan fingerprint density at radius 3 is 2.41 bits per heavy atom. The minimum Gasteiger partial charge on any atom is -0.507 e. The van der Waals surface area contributed by atoms with Crippen LogP contribution in [0.1, 0.15) is 39.5 Å². The fraction of sp³-hybridized carbons (Fsp3) is 0.200. The highest BCUT2D eigenvalue weighted by atomic mass is 32.1. The maximum Gasteiger partial charge on any atom is 0.350 e. The number of anilines is 1. The molecule has 4 rings (SSSR count). The van der Waals surface area contributed by atoms with Crippen LogP contribution in [0, 0.1) is 6.92 Å². The first-order valence-electron chi connectivity index (χ1n) is 10.5. The van der Waals surface area contributed by atoms with Crippen LogP contribution in [0.4, 0.5) is 5.13 Å². The lowest BCUT2D eigenvalue weighted by Crippen LogP contribution is -2.29. The highest BCUT2D eigenvalue weighted by Gasteiger charge is 2.48. The van der Waals surface area contributed by atoms with Gasteiger partial charge in [0.1, 0.15) is 16.4 Å². The summed E-state index contributed by atoms with van der Waals surface area (Å²) in [5.41, 5.74) is 1.30. The van der Waals surface area contributed by atoms with E-state index < -0.39 is 23.7 Å². The number of aliphatic hydroxyl groups excluding tert-OH is 1. The predicted molar refractivity (Wildman–Crippen MR) is 127 cm³/mol. The van der Waals surface area contributed by atoms with Crippen molar-refractivity contribution in [3.63, 3.8) is 0 Å². The summed E-state index contributed by atoms with van der Waals surface area (Å²) in [7, 11) is 1.53. The number of benzene rings is 2. The number of carbonyl (C=O) groups is 3. The molecule has 34 heavy (non-hydrogen) atoms. The molecule has 1 aliphatic rings. The molecule has 0 aliphatic carbocycles. The van der Waals surface area contributed by atoms with Gasteiger partial charge in [-0.3, -0.25) is 14.5 Å². The Labute approximate surface area is 200 Å². The molecule has 3 aromatic rings. The van der Waals surface area contributed by atoms with Crippen LogP contribution < -0.4 is 9.64 Å². The molecule has 174 valence electrons. The van der Waals surface area contributed by atoms with Gasteiger partial charge in [-0.1, -0.05) is 53.8 Å². The van der Waals surface area contributed by atoms with Crippen LogP contribution in [0.5, 0.6) is 5.75 Å². The number of hydrogen-bond acceptors (Lipinski definition) is 8. The summed E-state index contributed by atoms with van der Waals surface area (Å²) in [6.07, 6.45) is 0. The highest BCUT2D eigenvalue weighted by Crippen LogP contribution is 2.44. The van der Waals surface area contributed by atoms with Crippen LogP contribution in [0.2, 0.25) is 0 Å². The lowest BCUT2D eigenvalue weighted by atomic mass is 9.95. The first-order valence-corrected chi connectivity index (χ1v) is 11.3. The zero-order chi connectivity index (χ0) is 24.4. The molecule has 0 radical (unpaired) electrons. The SMILES string of the molecule is CCOC(=O)c1sc(N2C(=O)C(=O)/C(=C(/O)c3ccccc3)C2c2ccc(OC)cc2)nc1C. The summed E-state index contributed by atoms with van der Waals surface area (Å²) >= 11 is 0.965. The van der Waals surface area contributed by atoms with Gasteiger partial charge in [-0.15, -0.1) is 0 Å². The third kappa shape index (κ3) is 4.06. The van der Waals surface area contributed by atoms with Crippen molar-refractivity contribution >= 4 is 39.9 Å². The van der Waals surface area contributed by atoms with Crippen molar-refractivity contribution in [1.29, 1.82) is 0 Å². The van der Waals surface area contributed by atoms with E-state index >= 15 is 0 Å². The normalized spacial score (nSPS) is 17.1. The van der Waals surface area contributed by atoms with E-state index in [1.165, 1.54) is 12.0 Å². The van der Waals surface area contributed by atoms with E-state index in [1.54, 1.807) is 68.4 Å². The smallest absolute Gasteiger partial charge is 0.350 e. The molecular weight excluding hydrogens is 456 g/mol. The second-order valence-electron chi connectivity index (χ2n) is 7.44. The van der Waals surface area contributed by atoms with Crippen molar-refractivity contribution in [2.24, 2.45) is 0 Å². The number of esters is 1. The Balaban J connectivity index is 1.90. The second kappa shape index (κ2) is 9.48. The maximum atomic E-state index is 13.2. The van der Waals surface area contributed by atoms with Gasteiger partial charge in [-0.25, -0.2) is 9.78 Å². The molecule has 1 N–H and O–H groups in total. The third-order valence-electron chi connectivity index (χ3n) is 5.38. The number of ether oxygens (including phenoxy) is 2. The van der Waals surface area contributed by atoms with Gasteiger partial charge >= 0.3 is 11.9 Å². The number of amides is 1. The number of rotatable bonds is 6. The Morgan fingerprint density at radius 1 is 1.12 bits per heavy atom. The molecule has 1 atom stereocenters. The average Bonchev–Trinajstić information content (AvgIpc) is 3.36. The predicted octanol–water partition coefficient (Wildman–Crippen LogP) is 4.26. The fourth-order valence-corrected chi connectivity index (χ4v) is 4.74. The lowest BCUT2D eigenvalue weighted by Gasteiger charge is -2.23. The summed E-state index contributed by atoms with van der Waals surface area (Å²) in [6.45, 7) is 3.52. The number of carbonyl (C=O) groups excluding carboxylic acids is 3. The number of aryl methyl sites for hydroxylation is 1. The zero-order valence-corrected chi connectivity index (χ0v) is 19.6. The van der Waals surface area contributed by atoms with E-state index in [1.807, 2.05) is 0 Å². The summed E-state index contributed by atoms with van der Waals surface area (Å²) in [5, 5.41) is 11.3. The van der Waals surface area contributed by atoms with E-state index in [4.69, 9.17) is 9.47 Å². The van der Waals surface area contributed by atoms with Crippen LogP contribution in [0.15, 0.2) is 60.2 Å². The van der Waals surface area contributed by atoms with E-state index in [0.29, 0.717) is 22.6 Å². The van der Waals surface area contributed by atoms with Crippen LogP contribution in [0.25, 0.3) is 5.76 Å². The molecule has 1 fully saturated rings. The first kappa shape index (κ1) is 23.2. The number of Topliss-reactive ketones (excluding diaryl/α,β-unsaturated/α-hetero) is 1. The standard InChI is InChI=1S/C25H22N2O6S/c1-4-33-24(31)22-14(2)26-25(34-22)27-19(15-10-12-17(32-3)13-11-15)18(21(29)23(27)30)20(28)16-8-6-5-7-9-16/h5-13,19,28H,4H2,1-3H3/b20-18+. The molecule has 0 spiro atoms. The number of nitrogens with zero attached hydrogens (tertiary/aromatic N) is 2. The van der Waals surface area contributed by atoms with Gasteiger partial charge in [0.05, 0.1) is 31.0 Å². The second-order valence-corrected chi connectivity index (χ2v) is 8.42. The number of ketones is 1. The molecule has 1 amide bonds. The van der Waals surface area contributed by atoms with Crippen LogP contribution in [-0.4, -0.2) is 41.5 Å². The van der Waals surface area contributed by atoms with E-state index in [2.05, 4.69) is 4.98 Å². The van der Waals surface area contributed by atoms with Crippen LogP contribution in [-0.2, 0) is 14.3 Å². The molecule has 0 bridgehead atoms. The van der Waals surface area contributed by atoms with Gasteiger partial charge in [0.25, 0.3) is 5.78 Å². The quantitative estimate of drug-likeness (QED) is 0.244. The number of aromatic nitrogens is 1. The molecule has 1 unspecified atom stereocenters. The lowest BCUT2D eigenvalue weighted by molar-refractivity contribution is -0.132. The molecule has 1 aliphatic heterocycles. The maximum absolute atomic E-state index is 13.2. The molecule has 8 nitrogen and oxygen atoms in total.